The number of rotatable bonds is 5. The highest BCUT2D eigenvalue weighted by molar-refractivity contribution is 5.76. The first kappa shape index (κ1) is 13.1. The number of para-hydroxylation sites is 1. The Hall–Kier alpha value is -2.29. The topological polar surface area (TPSA) is 46.5 Å². The molecule has 2 rings (SSSR count). The molecule has 0 aromatic heterocycles. The molecule has 0 saturated heterocycles. The van der Waals surface area contributed by atoms with E-state index >= 15 is 0 Å². The summed E-state index contributed by atoms with van der Waals surface area (Å²) in [6.07, 6.45) is 0. The van der Waals surface area contributed by atoms with Gasteiger partial charge in [-0.2, -0.15) is 0 Å². The van der Waals surface area contributed by atoms with Crippen molar-refractivity contribution in [1.82, 2.24) is 0 Å². The van der Waals surface area contributed by atoms with Crippen molar-refractivity contribution in [2.45, 2.75) is 12.8 Å². The van der Waals surface area contributed by atoms with Crippen molar-refractivity contribution < 1.29 is 14.6 Å². The van der Waals surface area contributed by atoms with Gasteiger partial charge in [-0.3, -0.25) is 4.79 Å². The third-order valence-electron chi connectivity index (χ3n) is 3.00. The molecular weight excluding hydrogens is 240 g/mol. The zero-order valence-corrected chi connectivity index (χ0v) is 10.7. The number of hydrogen-bond donors (Lipinski definition) is 1. The molecule has 0 saturated carbocycles. The summed E-state index contributed by atoms with van der Waals surface area (Å²) in [5.74, 6) is -0.801. The minimum atomic E-state index is -0.875. The molecule has 0 amide bonds. The summed E-state index contributed by atoms with van der Waals surface area (Å²) in [6.45, 7) is 2.07. The van der Waals surface area contributed by atoms with E-state index in [9.17, 15) is 9.90 Å². The van der Waals surface area contributed by atoms with Crippen LogP contribution in [0.25, 0.3) is 0 Å². The molecule has 0 bridgehead atoms. The summed E-state index contributed by atoms with van der Waals surface area (Å²) in [5.41, 5.74) is 1.75. The molecule has 0 aliphatic carbocycles. The van der Waals surface area contributed by atoms with Gasteiger partial charge >= 0.3 is 5.97 Å². The van der Waals surface area contributed by atoms with E-state index in [1.807, 2.05) is 49.4 Å². The van der Waals surface area contributed by atoms with Crippen LogP contribution in [0.3, 0.4) is 0 Å². The van der Waals surface area contributed by atoms with E-state index in [1.54, 1.807) is 12.1 Å². The van der Waals surface area contributed by atoms with E-state index in [0.29, 0.717) is 0 Å². The predicted octanol–water partition coefficient (Wildman–Crippen LogP) is 3.24. The SMILES string of the molecule is Cc1ccccc1OCC(C(=O)O)c1ccccc1. The number of benzene rings is 2. The maximum absolute atomic E-state index is 11.3. The number of carboxylic acid groups (broad SMARTS) is 1. The number of aliphatic carboxylic acids is 1. The molecule has 0 aliphatic rings. The highest BCUT2D eigenvalue weighted by Crippen LogP contribution is 2.21. The van der Waals surface area contributed by atoms with Gasteiger partial charge in [-0.15, -0.1) is 0 Å². The van der Waals surface area contributed by atoms with Crippen LogP contribution >= 0.6 is 0 Å². The lowest BCUT2D eigenvalue weighted by molar-refractivity contribution is -0.139. The number of ether oxygens (including phenoxy) is 1. The molecule has 1 unspecified atom stereocenters. The Morgan fingerprint density at radius 3 is 2.37 bits per heavy atom. The van der Waals surface area contributed by atoms with E-state index in [0.717, 1.165) is 16.9 Å². The molecule has 0 radical (unpaired) electrons. The van der Waals surface area contributed by atoms with Crippen LogP contribution < -0.4 is 4.74 Å². The third-order valence-corrected chi connectivity index (χ3v) is 3.00. The van der Waals surface area contributed by atoms with E-state index in [-0.39, 0.29) is 6.61 Å². The quantitative estimate of drug-likeness (QED) is 0.893. The molecule has 0 fully saturated rings. The van der Waals surface area contributed by atoms with Crippen LogP contribution in [-0.4, -0.2) is 17.7 Å². The van der Waals surface area contributed by atoms with E-state index < -0.39 is 11.9 Å². The first-order valence-corrected chi connectivity index (χ1v) is 6.14. The van der Waals surface area contributed by atoms with Gasteiger partial charge in [-0.1, -0.05) is 48.5 Å². The fourth-order valence-electron chi connectivity index (χ4n) is 1.89. The van der Waals surface area contributed by atoms with Crippen LogP contribution in [0.2, 0.25) is 0 Å². The van der Waals surface area contributed by atoms with E-state index in [1.165, 1.54) is 0 Å². The highest BCUT2D eigenvalue weighted by atomic mass is 16.5. The van der Waals surface area contributed by atoms with Crippen LogP contribution in [0.5, 0.6) is 5.75 Å². The molecule has 98 valence electrons. The summed E-state index contributed by atoms with van der Waals surface area (Å²) in [6, 6.07) is 16.7. The summed E-state index contributed by atoms with van der Waals surface area (Å²) in [5, 5.41) is 9.29. The molecule has 0 aliphatic heterocycles. The van der Waals surface area contributed by atoms with E-state index in [4.69, 9.17) is 4.74 Å². The van der Waals surface area contributed by atoms with Gasteiger partial charge < -0.3 is 9.84 Å². The van der Waals surface area contributed by atoms with Crippen LogP contribution in [0.1, 0.15) is 17.0 Å². The molecule has 1 atom stereocenters. The predicted molar refractivity (Wildman–Crippen MR) is 73.5 cm³/mol. The van der Waals surface area contributed by atoms with Gasteiger partial charge in [0.05, 0.1) is 0 Å². The number of hydrogen-bond acceptors (Lipinski definition) is 2. The van der Waals surface area contributed by atoms with Gasteiger partial charge in [0, 0.05) is 0 Å². The molecule has 0 spiro atoms. The monoisotopic (exact) mass is 256 g/mol. The minimum Gasteiger partial charge on any atom is -0.492 e. The number of carbonyl (C=O) groups is 1. The van der Waals surface area contributed by atoms with Gasteiger partial charge in [0.25, 0.3) is 0 Å². The third kappa shape index (κ3) is 3.35. The molecule has 2 aromatic rings. The summed E-state index contributed by atoms with van der Waals surface area (Å²) in [7, 11) is 0. The van der Waals surface area contributed by atoms with Crippen LogP contribution in [0.15, 0.2) is 54.6 Å². The Morgan fingerprint density at radius 1 is 1.11 bits per heavy atom. The molecule has 1 N–H and O–H groups in total. The molecule has 19 heavy (non-hydrogen) atoms. The Balaban J connectivity index is 2.11. The van der Waals surface area contributed by atoms with Crippen molar-refractivity contribution in [2.75, 3.05) is 6.61 Å². The Labute approximate surface area is 112 Å². The van der Waals surface area contributed by atoms with Crippen molar-refractivity contribution in [3.05, 3.63) is 65.7 Å². The largest absolute Gasteiger partial charge is 0.492 e. The maximum Gasteiger partial charge on any atom is 0.314 e. The van der Waals surface area contributed by atoms with Crippen LogP contribution in [0, 0.1) is 6.92 Å². The second-order valence-electron chi connectivity index (χ2n) is 4.38. The first-order chi connectivity index (χ1) is 9.18. The second-order valence-corrected chi connectivity index (χ2v) is 4.38. The molecule has 3 heteroatoms. The zero-order chi connectivity index (χ0) is 13.7. The Bertz CT molecular complexity index is 549. The second kappa shape index (κ2) is 6.05. The van der Waals surface area contributed by atoms with Crippen molar-refractivity contribution in [2.24, 2.45) is 0 Å². The van der Waals surface area contributed by atoms with Gasteiger partial charge in [0.1, 0.15) is 18.3 Å². The lowest BCUT2D eigenvalue weighted by atomic mass is 10.0. The summed E-state index contributed by atoms with van der Waals surface area (Å²) < 4.78 is 5.63. The van der Waals surface area contributed by atoms with Crippen molar-refractivity contribution in [3.63, 3.8) is 0 Å². The lowest BCUT2D eigenvalue weighted by Gasteiger charge is -2.15. The minimum absolute atomic E-state index is 0.129. The van der Waals surface area contributed by atoms with Crippen molar-refractivity contribution >= 4 is 5.97 Å². The van der Waals surface area contributed by atoms with Crippen molar-refractivity contribution in [3.8, 4) is 5.75 Å². The molecule has 3 nitrogen and oxygen atoms in total. The van der Waals surface area contributed by atoms with Gasteiger partial charge in [-0.25, -0.2) is 0 Å². The molecular formula is C16H16O3. The van der Waals surface area contributed by atoms with E-state index in [2.05, 4.69) is 0 Å². The zero-order valence-electron chi connectivity index (χ0n) is 10.7. The van der Waals surface area contributed by atoms with Gasteiger partial charge in [0.2, 0.25) is 0 Å². The summed E-state index contributed by atoms with van der Waals surface area (Å²) in [4.78, 5) is 11.3. The van der Waals surface area contributed by atoms with Crippen LogP contribution in [0.4, 0.5) is 0 Å². The number of carboxylic acids is 1. The average molecular weight is 256 g/mol. The highest BCUT2D eigenvalue weighted by Gasteiger charge is 2.20. The van der Waals surface area contributed by atoms with Crippen LogP contribution in [-0.2, 0) is 4.79 Å². The average Bonchev–Trinajstić information content (AvgIpc) is 2.42. The first-order valence-electron chi connectivity index (χ1n) is 6.14. The fraction of sp³-hybridized carbons (Fsp3) is 0.188. The Kier molecular flexibility index (Phi) is 4.18. The summed E-state index contributed by atoms with van der Waals surface area (Å²) >= 11 is 0. The molecule has 0 heterocycles. The van der Waals surface area contributed by atoms with Gasteiger partial charge in [0.15, 0.2) is 0 Å². The Morgan fingerprint density at radius 2 is 1.74 bits per heavy atom. The normalized spacial score (nSPS) is 11.8. The number of aryl methyl sites for hydroxylation is 1. The smallest absolute Gasteiger partial charge is 0.314 e. The standard InChI is InChI=1S/C16H16O3/c1-12-7-5-6-10-15(12)19-11-14(16(17)18)13-8-3-2-4-9-13/h2-10,14H,11H2,1H3,(H,17,18). The lowest BCUT2D eigenvalue weighted by Crippen LogP contribution is -2.19. The van der Waals surface area contributed by atoms with Gasteiger partial charge in [-0.05, 0) is 24.1 Å². The molecule has 2 aromatic carbocycles. The van der Waals surface area contributed by atoms with Crippen molar-refractivity contribution in [1.29, 1.82) is 0 Å². The fourth-order valence-corrected chi connectivity index (χ4v) is 1.89. The maximum atomic E-state index is 11.3.